The second-order valence-corrected chi connectivity index (χ2v) is 4.48. The maximum absolute atomic E-state index is 12.2. The van der Waals surface area contributed by atoms with E-state index in [0.29, 0.717) is 16.9 Å². The first-order valence-electron chi connectivity index (χ1n) is 6.56. The summed E-state index contributed by atoms with van der Waals surface area (Å²) in [6.45, 7) is 1.56. The summed E-state index contributed by atoms with van der Waals surface area (Å²) in [7, 11) is 1.48. The largest absolute Gasteiger partial charge is 0.496 e. The van der Waals surface area contributed by atoms with Gasteiger partial charge in [0.2, 0.25) is 5.78 Å². The number of hydrogen-bond donors (Lipinski definition) is 0. The van der Waals surface area contributed by atoms with Crippen molar-refractivity contribution in [3.63, 3.8) is 0 Å². The molecule has 2 aromatic rings. The maximum atomic E-state index is 12.2. The Kier molecular flexibility index (Phi) is 4.72. The summed E-state index contributed by atoms with van der Waals surface area (Å²) >= 11 is 0. The Hall–Kier alpha value is -2.62. The number of hydrogen-bond acceptors (Lipinski definition) is 4. The number of rotatable bonds is 5. The first kappa shape index (κ1) is 14.8. The second-order valence-electron chi connectivity index (χ2n) is 4.48. The normalized spacial score (nSPS) is 11.5. The van der Waals surface area contributed by atoms with E-state index in [9.17, 15) is 9.59 Å². The average molecular weight is 284 g/mol. The fourth-order valence-electron chi connectivity index (χ4n) is 1.93. The minimum Gasteiger partial charge on any atom is -0.496 e. The molecule has 4 nitrogen and oxygen atoms in total. The van der Waals surface area contributed by atoms with Gasteiger partial charge in [-0.25, -0.2) is 4.79 Å². The lowest BCUT2D eigenvalue weighted by Gasteiger charge is -2.13. The molecule has 0 saturated carbocycles. The molecule has 0 aliphatic rings. The smallest absolute Gasteiger partial charge is 0.342 e. The van der Waals surface area contributed by atoms with Gasteiger partial charge >= 0.3 is 5.97 Å². The van der Waals surface area contributed by atoms with E-state index in [0.717, 1.165) is 0 Å². The highest BCUT2D eigenvalue weighted by Gasteiger charge is 2.21. The van der Waals surface area contributed by atoms with E-state index in [2.05, 4.69) is 0 Å². The van der Waals surface area contributed by atoms with Crippen LogP contribution in [0.15, 0.2) is 54.6 Å². The van der Waals surface area contributed by atoms with Crippen molar-refractivity contribution in [1.82, 2.24) is 0 Å². The van der Waals surface area contributed by atoms with Gasteiger partial charge in [-0.3, -0.25) is 4.79 Å². The summed E-state index contributed by atoms with van der Waals surface area (Å²) in [5, 5.41) is 0. The monoisotopic (exact) mass is 284 g/mol. The molecule has 0 aliphatic carbocycles. The first-order chi connectivity index (χ1) is 10.1. The number of ether oxygens (including phenoxy) is 2. The third kappa shape index (κ3) is 3.48. The number of Topliss-reactive ketones (excluding diaryl/α,β-unsaturated/α-hetero) is 1. The summed E-state index contributed by atoms with van der Waals surface area (Å²) in [5.41, 5.74) is 0.811. The summed E-state index contributed by atoms with van der Waals surface area (Å²) in [4.78, 5) is 24.3. The lowest BCUT2D eigenvalue weighted by atomic mass is 10.1. The number of methoxy groups -OCH3 is 1. The standard InChI is InChI=1S/C17H16O4/c1-12(16(18)13-8-4-3-5-9-13)21-17(19)14-10-6-7-11-15(14)20-2/h3-12H,1-2H3/t12-/m0/s1. The number of benzene rings is 2. The van der Waals surface area contributed by atoms with Gasteiger partial charge in [-0.15, -0.1) is 0 Å². The molecule has 0 amide bonds. The molecule has 21 heavy (non-hydrogen) atoms. The van der Waals surface area contributed by atoms with Gasteiger partial charge in [0, 0.05) is 5.56 Å². The van der Waals surface area contributed by atoms with E-state index in [4.69, 9.17) is 9.47 Å². The predicted molar refractivity (Wildman–Crippen MR) is 78.6 cm³/mol. The van der Waals surface area contributed by atoms with Gasteiger partial charge in [-0.05, 0) is 19.1 Å². The van der Waals surface area contributed by atoms with Crippen LogP contribution in [-0.2, 0) is 4.74 Å². The highest BCUT2D eigenvalue weighted by Crippen LogP contribution is 2.19. The number of esters is 1. The minimum absolute atomic E-state index is 0.237. The van der Waals surface area contributed by atoms with E-state index in [1.165, 1.54) is 7.11 Å². The van der Waals surface area contributed by atoms with Gasteiger partial charge in [0.15, 0.2) is 6.10 Å². The fourth-order valence-corrected chi connectivity index (χ4v) is 1.93. The molecule has 0 N–H and O–H groups in total. The quantitative estimate of drug-likeness (QED) is 0.625. The summed E-state index contributed by atoms with van der Waals surface area (Å²) < 4.78 is 10.3. The molecule has 0 fully saturated rings. The van der Waals surface area contributed by atoms with Crippen molar-refractivity contribution in [2.24, 2.45) is 0 Å². The van der Waals surface area contributed by atoms with E-state index in [1.54, 1.807) is 55.5 Å². The number of para-hydroxylation sites is 1. The van der Waals surface area contributed by atoms with Gasteiger partial charge in [-0.1, -0.05) is 42.5 Å². The Morgan fingerprint density at radius 1 is 0.952 bits per heavy atom. The predicted octanol–water partition coefficient (Wildman–Crippen LogP) is 3.12. The van der Waals surface area contributed by atoms with Crippen LogP contribution >= 0.6 is 0 Å². The Labute approximate surface area is 123 Å². The zero-order chi connectivity index (χ0) is 15.2. The average Bonchev–Trinajstić information content (AvgIpc) is 2.54. The molecule has 0 bridgehead atoms. The lowest BCUT2D eigenvalue weighted by Crippen LogP contribution is -2.24. The molecule has 108 valence electrons. The van der Waals surface area contributed by atoms with Gasteiger partial charge in [-0.2, -0.15) is 0 Å². The van der Waals surface area contributed by atoms with Crippen molar-refractivity contribution in [3.8, 4) is 5.75 Å². The van der Waals surface area contributed by atoms with E-state index in [-0.39, 0.29) is 5.78 Å². The van der Waals surface area contributed by atoms with Crippen molar-refractivity contribution in [1.29, 1.82) is 0 Å². The molecule has 0 unspecified atom stereocenters. The summed E-state index contributed by atoms with van der Waals surface area (Å²) in [5.74, 6) is -0.398. The molecule has 2 rings (SSSR count). The Morgan fingerprint density at radius 2 is 1.57 bits per heavy atom. The Balaban J connectivity index is 2.11. The number of ketones is 1. The summed E-state index contributed by atoms with van der Waals surface area (Å²) in [6.07, 6.45) is -0.857. The van der Waals surface area contributed by atoms with E-state index in [1.807, 2.05) is 6.07 Å². The van der Waals surface area contributed by atoms with E-state index < -0.39 is 12.1 Å². The van der Waals surface area contributed by atoms with Crippen LogP contribution < -0.4 is 4.74 Å². The van der Waals surface area contributed by atoms with Gasteiger partial charge < -0.3 is 9.47 Å². The van der Waals surface area contributed by atoms with Crippen molar-refractivity contribution >= 4 is 11.8 Å². The maximum Gasteiger partial charge on any atom is 0.342 e. The Bertz CT molecular complexity index is 634. The van der Waals surface area contributed by atoms with Crippen LogP contribution in [-0.4, -0.2) is 25.0 Å². The van der Waals surface area contributed by atoms with Crippen molar-refractivity contribution in [2.45, 2.75) is 13.0 Å². The summed E-state index contributed by atoms with van der Waals surface area (Å²) in [6, 6.07) is 15.5. The topological polar surface area (TPSA) is 52.6 Å². The van der Waals surface area contributed by atoms with Gasteiger partial charge in [0.05, 0.1) is 7.11 Å². The molecule has 0 radical (unpaired) electrons. The highest BCUT2D eigenvalue weighted by molar-refractivity contribution is 6.01. The van der Waals surface area contributed by atoms with Gasteiger partial charge in [0.1, 0.15) is 11.3 Å². The molecule has 0 saturated heterocycles. The number of carbonyl (C=O) groups excluding carboxylic acids is 2. The second kappa shape index (κ2) is 6.70. The van der Waals surface area contributed by atoms with Crippen molar-refractivity contribution in [2.75, 3.05) is 7.11 Å². The van der Waals surface area contributed by atoms with Crippen LogP contribution in [0.25, 0.3) is 0 Å². The van der Waals surface area contributed by atoms with E-state index >= 15 is 0 Å². The SMILES string of the molecule is COc1ccccc1C(=O)O[C@@H](C)C(=O)c1ccccc1. The van der Waals surface area contributed by atoms with Crippen LogP contribution in [0.4, 0.5) is 0 Å². The minimum atomic E-state index is -0.857. The van der Waals surface area contributed by atoms with Crippen molar-refractivity contribution < 1.29 is 19.1 Å². The van der Waals surface area contributed by atoms with Crippen LogP contribution in [0.5, 0.6) is 5.75 Å². The molecular formula is C17H16O4. The van der Waals surface area contributed by atoms with Gasteiger partial charge in [0.25, 0.3) is 0 Å². The van der Waals surface area contributed by atoms with Crippen LogP contribution in [0.1, 0.15) is 27.6 Å². The third-order valence-corrected chi connectivity index (χ3v) is 3.04. The van der Waals surface area contributed by atoms with Crippen molar-refractivity contribution in [3.05, 3.63) is 65.7 Å². The Morgan fingerprint density at radius 3 is 2.24 bits per heavy atom. The molecule has 0 aromatic heterocycles. The molecule has 2 aromatic carbocycles. The van der Waals surface area contributed by atoms with Crippen LogP contribution in [0.3, 0.4) is 0 Å². The third-order valence-electron chi connectivity index (χ3n) is 3.04. The fraction of sp³-hybridized carbons (Fsp3) is 0.176. The lowest BCUT2D eigenvalue weighted by molar-refractivity contribution is 0.0316. The molecule has 4 heteroatoms. The molecule has 0 heterocycles. The first-order valence-corrected chi connectivity index (χ1v) is 6.56. The highest BCUT2D eigenvalue weighted by atomic mass is 16.5. The molecular weight excluding hydrogens is 268 g/mol. The zero-order valence-electron chi connectivity index (χ0n) is 11.9. The molecule has 0 spiro atoms. The number of carbonyl (C=O) groups is 2. The molecule has 1 atom stereocenters. The van der Waals surface area contributed by atoms with Crippen LogP contribution in [0, 0.1) is 0 Å². The molecule has 0 aliphatic heterocycles. The zero-order valence-corrected chi connectivity index (χ0v) is 11.9. The van der Waals surface area contributed by atoms with Crippen LogP contribution in [0.2, 0.25) is 0 Å².